The molecule has 1 aliphatic rings. The topological polar surface area (TPSA) is 47.5 Å². The lowest BCUT2D eigenvalue weighted by Gasteiger charge is -2.34. The minimum atomic E-state index is 0.637. The molecule has 2 aromatic rings. The van der Waals surface area contributed by atoms with Crippen molar-refractivity contribution in [3.63, 3.8) is 0 Å². The molecule has 0 atom stereocenters. The number of anilines is 4. The van der Waals surface area contributed by atoms with Crippen LogP contribution in [0.15, 0.2) is 36.5 Å². The molecule has 140 valence electrons. The molecule has 0 spiro atoms. The molecule has 0 unspecified atom stereocenters. The van der Waals surface area contributed by atoms with Gasteiger partial charge in [0, 0.05) is 57.3 Å². The average Bonchev–Trinajstić information content (AvgIpc) is 2.67. The quantitative estimate of drug-likeness (QED) is 0.824. The number of nitrogens with zero attached hydrogens (tertiary/aromatic N) is 5. The Hall–Kier alpha value is -2.34. The van der Waals surface area contributed by atoms with E-state index in [2.05, 4.69) is 75.3 Å². The van der Waals surface area contributed by atoms with E-state index in [1.54, 1.807) is 0 Å². The summed E-state index contributed by atoms with van der Waals surface area (Å²) in [5, 5.41) is 3.32. The zero-order chi connectivity index (χ0) is 18.4. The summed E-state index contributed by atoms with van der Waals surface area (Å²) in [7, 11) is 4.25. The Kier molecular flexibility index (Phi) is 6.28. The smallest absolute Gasteiger partial charge is 0.229 e. The second kappa shape index (κ2) is 8.85. The van der Waals surface area contributed by atoms with E-state index in [0.29, 0.717) is 5.95 Å². The lowest BCUT2D eigenvalue weighted by molar-refractivity contribution is 0.313. The van der Waals surface area contributed by atoms with Gasteiger partial charge in [0.1, 0.15) is 5.82 Å². The fraction of sp³-hybridized carbons (Fsp3) is 0.500. The second-order valence-corrected chi connectivity index (χ2v) is 6.98. The van der Waals surface area contributed by atoms with E-state index in [1.165, 1.54) is 12.1 Å². The van der Waals surface area contributed by atoms with Gasteiger partial charge in [-0.3, -0.25) is 0 Å². The number of rotatable bonds is 7. The number of hydrogen-bond donors (Lipinski definition) is 1. The van der Waals surface area contributed by atoms with Crippen LogP contribution in [0.25, 0.3) is 0 Å². The van der Waals surface area contributed by atoms with Crippen molar-refractivity contribution < 1.29 is 0 Å². The third kappa shape index (κ3) is 4.85. The molecule has 2 heterocycles. The zero-order valence-electron chi connectivity index (χ0n) is 16.1. The van der Waals surface area contributed by atoms with Crippen molar-refractivity contribution in [3.05, 3.63) is 36.5 Å². The monoisotopic (exact) mass is 354 g/mol. The number of unbranched alkanes of at least 4 members (excludes halogenated alkanes) is 1. The first-order valence-electron chi connectivity index (χ1n) is 9.50. The van der Waals surface area contributed by atoms with Gasteiger partial charge >= 0.3 is 0 Å². The molecule has 6 heteroatoms. The number of piperazine rings is 1. The van der Waals surface area contributed by atoms with E-state index in [9.17, 15) is 0 Å². The molecule has 6 nitrogen and oxygen atoms in total. The van der Waals surface area contributed by atoms with Crippen LogP contribution in [0.1, 0.15) is 19.8 Å². The number of nitrogens with one attached hydrogen (secondary N) is 1. The maximum atomic E-state index is 4.63. The van der Waals surface area contributed by atoms with E-state index in [-0.39, 0.29) is 0 Å². The van der Waals surface area contributed by atoms with Gasteiger partial charge in [-0.2, -0.15) is 4.98 Å². The molecule has 1 N–H and O–H groups in total. The van der Waals surface area contributed by atoms with Crippen LogP contribution in [0.5, 0.6) is 0 Å². The van der Waals surface area contributed by atoms with Crippen LogP contribution < -0.4 is 15.1 Å². The van der Waals surface area contributed by atoms with Gasteiger partial charge in [0.2, 0.25) is 5.95 Å². The average molecular weight is 355 g/mol. The fourth-order valence-corrected chi connectivity index (χ4v) is 3.08. The first-order chi connectivity index (χ1) is 12.7. The SMILES string of the molecule is CCCCN(C)c1ccnc(Nc2ccc(N3CCN(C)CC3)cc2)n1. The van der Waals surface area contributed by atoms with Crippen LogP contribution in [0, 0.1) is 0 Å². The van der Waals surface area contributed by atoms with Gasteiger partial charge in [-0.1, -0.05) is 13.3 Å². The maximum Gasteiger partial charge on any atom is 0.229 e. The largest absolute Gasteiger partial charge is 0.369 e. The summed E-state index contributed by atoms with van der Waals surface area (Å²) in [6.07, 6.45) is 4.16. The normalized spacial score (nSPS) is 15.1. The Bertz CT molecular complexity index is 679. The van der Waals surface area contributed by atoms with Crippen molar-refractivity contribution >= 4 is 23.1 Å². The van der Waals surface area contributed by atoms with Gasteiger partial charge in [-0.05, 0) is 43.8 Å². The highest BCUT2D eigenvalue weighted by Gasteiger charge is 2.14. The molecule has 1 fully saturated rings. The predicted octanol–water partition coefficient (Wildman–Crippen LogP) is 3.21. The molecular weight excluding hydrogens is 324 g/mol. The molecule has 0 aliphatic carbocycles. The molecule has 1 aliphatic heterocycles. The Labute approximate surface area is 156 Å². The van der Waals surface area contributed by atoms with Crippen molar-refractivity contribution in [2.75, 3.05) is 61.9 Å². The summed E-state index contributed by atoms with van der Waals surface area (Å²) in [5.74, 6) is 1.59. The third-order valence-electron chi connectivity index (χ3n) is 4.87. The van der Waals surface area contributed by atoms with E-state index in [1.807, 2.05) is 12.3 Å². The molecule has 0 radical (unpaired) electrons. The Morgan fingerprint density at radius 3 is 2.50 bits per heavy atom. The number of aromatic nitrogens is 2. The van der Waals surface area contributed by atoms with Gasteiger partial charge in [0.15, 0.2) is 0 Å². The highest BCUT2D eigenvalue weighted by Crippen LogP contribution is 2.21. The standard InChI is InChI=1S/C20H30N6/c1-4-5-12-25(3)19-10-11-21-20(23-19)22-17-6-8-18(9-7-17)26-15-13-24(2)14-16-26/h6-11H,4-5,12-16H2,1-3H3,(H,21,22,23). The summed E-state index contributed by atoms with van der Waals surface area (Å²) in [6, 6.07) is 10.5. The molecule has 0 amide bonds. The van der Waals surface area contributed by atoms with Crippen LogP contribution in [0.4, 0.5) is 23.1 Å². The number of likely N-dealkylation sites (N-methyl/N-ethyl adjacent to an activating group) is 1. The van der Waals surface area contributed by atoms with Crippen LogP contribution in [-0.2, 0) is 0 Å². The highest BCUT2D eigenvalue weighted by atomic mass is 15.2. The maximum absolute atomic E-state index is 4.63. The highest BCUT2D eigenvalue weighted by molar-refractivity contribution is 5.60. The second-order valence-electron chi connectivity index (χ2n) is 6.98. The third-order valence-corrected chi connectivity index (χ3v) is 4.87. The van der Waals surface area contributed by atoms with Crippen molar-refractivity contribution in [2.45, 2.75) is 19.8 Å². The lowest BCUT2D eigenvalue weighted by Crippen LogP contribution is -2.44. The van der Waals surface area contributed by atoms with Gasteiger partial charge in [0.05, 0.1) is 0 Å². The predicted molar refractivity (Wildman–Crippen MR) is 110 cm³/mol. The Morgan fingerprint density at radius 1 is 1.08 bits per heavy atom. The van der Waals surface area contributed by atoms with Crippen LogP contribution in [0.2, 0.25) is 0 Å². The minimum absolute atomic E-state index is 0.637. The van der Waals surface area contributed by atoms with E-state index < -0.39 is 0 Å². The summed E-state index contributed by atoms with van der Waals surface area (Å²) in [6.45, 7) is 7.61. The number of benzene rings is 1. The molecular formula is C20H30N6. The van der Waals surface area contributed by atoms with Crippen molar-refractivity contribution in [1.29, 1.82) is 0 Å². The fourth-order valence-electron chi connectivity index (χ4n) is 3.08. The Balaban J connectivity index is 1.62. The number of hydrogen-bond acceptors (Lipinski definition) is 6. The van der Waals surface area contributed by atoms with Crippen molar-refractivity contribution in [2.24, 2.45) is 0 Å². The van der Waals surface area contributed by atoms with Gasteiger partial charge in [-0.25, -0.2) is 4.98 Å². The van der Waals surface area contributed by atoms with E-state index in [4.69, 9.17) is 0 Å². The summed E-state index contributed by atoms with van der Waals surface area (Å²) in [4.78, 5) is 16.0. The minimum Gasteiger partial charge on any atom is -0.369 e. The molecule has 3 rings (SSSR count). The molecule has 1 saturated heterocycles. The summed E-state index contributed by atoms with van der Waals surface area (Å²) < 4.78 is 0. The molecule has 1 aromatic carbocycles. The summed E-state index contributed by atoms with van der Waals surface area (Å²) in [5.41, 5.74) is 2.29. The van der Waals surface area contributed by atoms with Crippen LogP contribution in [-0.4, -0.2) is 61.7 Å². The van der Waals surface area contributed by atoms with Gasteiger partial charge < -0.3 is 20.0 Å². The van der Waals surface area contributed by atoms with E-state index >= 15 is 0 Å². The summed E-state index contributed by atoms with van der Waals surface area (Å²) >= 11 is 0. The molecule has 1 aromatic heterocycles. The molecule has 0 saturated carbocycles. The van der Waals surface area contributed by atoms with Gasteiger partial charge in [0.25, 0.3) is 0 Å². The lowest BCUT2D eigenvalue weighted by atomic mass is 10.2. The van der Waals surface area contributed by atoms with Crippen molar-refractivity contribution in [3.8, 4) is 0 Å². The van der Waals surface area contributed by atoms with E-state index in [0.717, 1.165) is 50.6 Å². The van der Waals surface area contributed by atoms with Crippen LogP contribution >= 0.6 is 0 Å². The Morgan fingerprint density at radius 2 is 1.81 bits per heavy atom. The molecule has 26 heavy (non-hydrogen) atoms. The van der Waals surface area contributed by atoms with Gasteiger partial charge in [-0.15, -0.1) is 0 Å². The first kappa shape index (κ1) is 18.5. The zero-order valence-corrected chi connectivity index (χ0v) is 16.1. The van der Waals surface area contributed by atoms with Crippen molar-refractivity contribution in [1.82, 2.24) is 14.9 Å². The molecule has 0 bridgehead atoms. The first-order valence-corrected chi connectivity index (χ1v) is 9.50. The van der Waals surface area contributed by atoms with Crippen LogP contribution in [0.3, 0.4) is 0 Å².